The van der Waals surface area contributed by atoms with E-state index in [9.17, 15) is 9.00 Å². The second kappa shape index (κ2) is 12.5. The van der Waals surface area contributed by atoms with Crippen molar-refractivity contribution in [3.05, 3.63) is 75.4 Å². The van der Waals surface area contributed by atoms with Crippen LogP contribution >= 0.6 is 23.4 Å². The van der Waals surface area contributed by atoms with E-state index in [1.807, 2.05) is 26.8 Å². The molecule has 232 valence electrons. The molecule has 2 aliphatic rings. The highest BCUT2D eigenvalue weighted by atomic mass is 35.5. The van der Waals surface area contributed by atoms with Gasteiger partial charge in [0.2, 0.25) is 5.16 Å². The van der Waals surface area contributed by atoms with Crippen LogP contribution in [0.2, 0.25) is 5.02 Å². The van der Waals surface area contributed by atoms with E-state index in [4.69, 9.17) is 16.3 Å². The molecule has 44 heavy (non-hydrogen) atoms. The molecule has 0 amide bonds. The average molecular weight is 654 g/mol. The number of rotatable bonds is 8. The fraction of sp³-hybridized carbons (Fsp3) is 0.452. The number of anilines is 1. The second-order valence-corrected chi connectivity index (χ2v) is 15.8. The Balaban J connectivity index is 1.16. The lowest BCUT2D eigenvalue weighted by Crippen LogP contribution is -2.48. The molecule has 10 nitrogen and oxygen atoms in total. The molecule has 0 saturated carbocycles. The van der Waals surface area contributed by atoms with Crippen molar-refractivity contribution in [3.63, 3.8) is 0 Å². The van der Waals surface area contributed by atoms with Gasteiger partial charge in [-0.15, -0.1) is 10.2 Å². The Morgan fingerprint density at radius 3 is 2.61 bits per heavy atom. The number of nitrogens with one attached hydrogen (secondary N) is 1. The van der Waals surface area contributed by atoms with Crippen LogP contribution in [0.3, 0.4) is 0 Å². The number of methoxy groups -OCH3 is 1. The van der Waals surface area contributed by atoms with Gasteiger partial charge in [0, 0.05) is 25.1 Å². The molecule has 1 spiro atoms. The lowest BCUT2D eigenvalue weighted by atomic mass is 9.73. The number of halogens is 1. The number of fused-ring (bicyclic) bond motifs is 2. The molecule has 4 aromatic rings. The van der Waals surface area contributed by atoms with Gasteiger partial charge in [-0.1, -0.05) is 35.9 Å². The van der Waals surface area contributed by atoms with Crippen LogP contribution in [-0.4, -0.2) is 60.5 Å². The van der Waals surface area contributed by atoms with Crippen molar-refractivity contribution in [2.45, 2.75) is 67.4 Å². The van der Waals surface area contributed by atoms with Crippen LogP contribution in [-0.2, 0) is 28.7 Å². The minimum atomic E-state index is -1.18. The summed E-state index contributed by atoms with van der Waals surface area (Å²) in [6.45, 7) is 8.40. The maximum Gasteiger partial charge on any atom is 0.262 e. The van der Waals surface area contributed by atoms with Gasteiger partial charge in [0.05, 0.1) is 63.4 Å². The summed E-state index contributed by atoms with van der Waals surface area (Å²) in [4.78, 5) is 24.9. The Kier molecular flexibility index (Phi) is 8.82. The summed E-state index contributed by atoms with van der Waals surface area (Å²) in [5.74, 6) is 0.720. The first kappa shape index (κ1) is 31.1. The van der Waals surface area contributed by atoms with Gasteiger partial charge in [-0.3, -0.25) is 9.36 Å². The van der Waals surface area contributed by atoms with Crippen LogP contribution in [0.15, 0.2) is 63.8 Å². The Bertz CT molecular complexity index is 1750. The fourth-order valence-corrected chi connectivity index (χ4v) is 8.08. The lowest BCUT2D eigenvalue weighted by molar-refractivity contribution is 0.177. The first-order chi connectivity index (χ1) is 21.1. The van der Waals surface area contributed by atoms with Crippen molar-refractivity contribution in [2.24, 2.45) is 5.41 Å². The summed E-state index contributed by atoms with van der Waals surface area (Å²) >= 11 is 7.96. The largest absolute Gasteiger partial charge is 0.383 e. The molecule has 1 N–H and O–H groups in total. The van der Waals surface area contributed by atoms with E-state index in [0.29, 0.717) is 39.1 Å². The number of nitrogens with zero attached hydrogens (tertiary/aromatic N) is 6. The summed E-state index contributed by atoms with van der Waals surface area (Å²) in [6, 6.07) is 12.2. The normalized spacial score (nSPS) is 18.6. The molecule has 2 atom stereocenters. The molecule has 0 bridgehead atoms. The van der Waals surface area contributed by atoms with Crippen LogP contribution in [0, 0.1) is 5.41 Å². The number of ether oxygens (including phenoxy) is 1. The van der Waals surface area contributed by atoms with Gasteiger partial charge in [-0.25, -0.2) is 18.9 Å². The van der Waals surface area contributed by atoms with Gasteiger partial charge in [0.25, 0.3) is 5.56 Å². The standard InChI is InChI=1S/C31H36ClN7O3S2/c1-30(2,3)44(41)37-27-21-8-6-5-7-20(21)17-31(27)11-13-38(14-12-31)24-18-33-29(36-35-24)43-23-10-9-22-25(26(23)32)28(40)39(19-34-22)15-16-42-4/h5-10,18-19,27,37H,11-17H2,1-4H3/t27-,44?/m1/s1. The number of aromatic nitrogens is 5. The molecule has 2 aromatic heterocycles. The first-order valence-electron chi connectivity index (χ1n) is 14.6. The first-order valence-corrected chi connectivity index (χ1v) is 17.0. The van der Waals surface area contributed by atoms with E-state index in [1.54, 1.807) is 19.4 Å². The fourth-order valence-electron chi connectivity index (χ4n) is 6.07. The molecule has 1 fully saturated rings. The molecule has 1 unspecified atom stereocenters. The zero-order valence-corrected chi connectivity index (χ0v) is 27.6. The van der Waals surface area contributed by atoms with Crippen molar-refractivity contribution in [3.8, 4) is 0 Å². The Morgan fingerprint density at radius 1 is 1.14 bits per heavy atom. The number of benzene rings is 2. The highest BCUT2D eigenvalue weighted by Gasteiger charge is 2.48. The van der Waals surface area contributed by atoms with E-state index >= 15 is 0 Å². The maximum absolute atomic E-state index is 13.2. The van der Waals surface area contributed by atoms with Gasteiger partial charge in [-0.05, 0) is 80.5 Å². The van der Waals surface area contributed by atoms with E-state index in [1.165, 1.54) is 33.8 Å². The molecule has 0 radical (unpaired) electrons. The van der Waals surface area contributed by atoms with E-state index < -0.39 is 11.0 Å². The van der Waals surface area contributed by atoms with Gasteiger partial charge < -0.3 is 9.64 Å². The summed E-state index contributed by atoms with van der Waals surface area (Å²) in [6.07, 6.45) is 6.09. The summed E-state index contributed by atoms with van der Waals surface area (Å²) in [5.41, 5.74) is 2.90. The minimum Gasteiger partial charge on any atom is -0.383 e. The molecule has 1 aliphatic carbocycles. The molecular weight excluding hydrogens is 618 g/mol. The van der Waals surface area contributed by atoms with Crippen LogP contribution in [0.1, 0.15) is 50.8 Å². The van der Waals surface area contributed by atoms with E-state index in [0.717, 1.165) is 38.2 Å². The van der Waals surface area contributed by atoms with Crippen LogP contribution in [0.5, 0.6) is 0 Å². The van der Waals surface area contributed by atoms with Crippen molar-refractivity contribution in [1.29, 1.82) is 0 Å². The SMILES string of the molecule is COCCn1cnc2ccc(Sc3ncc(N4CCC5(CC4)Cc4ccccc4[C@H]5NS(=O)C(C)(C)C)nn3)c(Cl)c2c1=O. The summed E-state index contributed by atoms with van der Waals surface area (Å²) in [5, 5.41) is 10.0. The molecule has 3 heterocycles. The van der Waals surface area contributed by atoms with Crippen molar-refractivity contribution < 1.29 is 8.95 Å². The Hall–Kier alpha value is -2.90. The van der Waals surface area contributed by atoms with Gasteiger partial charge in [0.1, 0.15) is 0 Å². The topological polar surface area (TPSA) is 115 Å². The third-order valence-electron chi connectivity index (χ3n) is 8.55. The van der Waals surface area contributed by atoms with Crippen LogP contribution in [0.25, 0.3) is 10.9 Å². The predicted molar refractivity (Wildman–Crippen MR) is 175 cm³/mol. The van der Waals surface area contributed by atoms with Crippen LogP contribution in [0.4, 0.5) is 5.82 Å². The van der Waals surface area contributed by atoms with Crippen molar-refractivity contribution >= 4 is 51.1 Å². The van der Waals surface area contributed by atoms with Gasteiger partial charge in [0.15, 0.2) is 5.82 Å². The average Bonchev–Trinajstić information content (AvgIpc) is 3.30. The quantitative estimate of drug-likeness (QED) is 0.282. The molecular formula is C31H36ClN7O3S2. The van der Waals surface area contributed by atoms with Crippen LogP contribution < -0.4 is 15.2 Å². The number of piperidine rings is 1. The summed E-state index contributed by atoms with van der Waals surface area (Å²) in [7, 11) is 0.411. The third-order valence-corrected chi connectivity index (χ3v) is 11.5. The minimum absolute atomic E-state index is 0.0123. The Labute approximate surface area is 268 Å². The monoisotopic (exact) mass is 653 g/mol. The Morgan fingerprint density at radius 2 is 1.91 bits per heavy atom. The van der Waals surface area contributed by atoms with Gasteiger partial charge in [-0.2, -0.15) is 0 Å². The van der Waals surface area contributed by atoms with Gasteiger partial charge >= 0.3 is 0 Å². The lowest BCUT2D eigenvalue weighted by Gasteiger charge is -2.44. The zero-order valence-electron chi connectivity index (χ0n) is 25.2. The zero-order chi connectivity index (χ0) is 31.1. The van der Waals surface area contributed by atoms with Crippen molar-refractivity contribution in [1.82, 2.24) is 29.5 Å². The number of hydrogen-bond acceptors (Lipinski definition) is 9. The molecule has 2 aromatic carbocycles. The summed E-state index contributed by atoms with van der Waals surface area (Å²) < 4.78 is 23.0. The predicted octanol–water partition coefficient (Wildman–Crippen LogP) is 4.97. The molecule has 6 rings (SSSR count). The maximum atomic E-state index is 13.2. The molecule has 1 aliphatic heterocycles. The van der Waals surface area contributed by atoms with E-state index in [-0.39, 0.29) is 21.8 Å². The third kappa shape index (κ3) is 6.02. The highest BCUT2D eigenvalue weighted by molar-refractivity contribution is 7.99. The number of hydrogen-bond donors (Lipinski definition) is 1. The smallest absolute Gasteiger partial charge is 0.262 e. The highest BCUT2D eigenvalue weighted by Crippen LogP contribution is 2.52. The molecule has 1 saturated heterocycles. The van der Waals surface area contributed by atoms with Crippen molar-refractivity contribution in [2.75, 3.05) is 31.7 Å². The van der Waals surface area contributed by atoms with E-state index in [2.05, 4.69) is 54.1 Å². The second-order valence-electron chi connectivity index (χ2n) is 12.4. The molecule has 13 heteroatoms.